The van der Waals surface area contributed by atoms with E-state index in [1.165, 1.54) is 0 Å². The highest BCUT2D eigenvalue weighted by Gasteiger charge is 2.21. The van der Waals surface area contributed by atoms with Crippen molar-refractivity contribution in [3.63, 3.8) is 0 Å². The Balaban J connectivity index is 1.66. The highest BCUT2D eigenvalue weighted by atomic mass is 16.2. The maximum Gasteiger partial charge on any atom is 0.241 e. The summed E-state index contributed by atoms with van der Waals surface area (Å²) in [5.41, 5.74) is 5.54. The summed E-state index contributed by atoms with van der Waals surface area (Å²) >= 11 is 0. The summed E-state index contributed by atoms with van der Waals surface area (Å²) in [5.74, 6) is -0.00576. The van der Waals surface area contributed by atoms with Crippen molar-refractivity contribution in [2.24, 2.45) is 0 Å². The molecule has 0 fully saturated rings. The molecule has 1 unspecified atom stereocenters. The third-order valence-electron chi connectivity index (χ3n) is 4.93. The number of aryl methyl sites for hydroxylation is 2. The maximum absolute atomic E-state index is 13.0. The number of carbonyl (C=O) groups is 1. The van der Waals surface area contributed by atoms with Gasteiger partial charge in [0, 0.05) is 37.9 Å². The van der Waals surface area contributed by atoms with Crippen LogP contribution in [-0.2, 0) is 17.6 Å². The average molecular weight is 389 g/mol. The van der Waals surface area contributed by atoms with Gasteiger partial charge >= 0.3 is 0 Å². The molecule has 0 radical (unpaired) electrons. The van der Waals surface area contributed by atoms with Crippen LogP contribution in [0.1, 0.15) is 33.9 Å². The summed E-state index contributed by atoms with van der Waals surface area (Å²) in [6.45, 7) is 5.37. The highest BCUT2D eigenvalue weighted by Crippen LogP contribution is 2.20. The van der Waals surface area contributed by atoms with E-state index in [9.17, 15) is 4.79 Å². The predicted octanol–water partition coefficient (Wildman–Crippen LogP) is 3.33. The van der Waals surface area contributed by atoms with Crippen molar-refractivity contribution in [2.45, 2.75) is 32.7 Å². The van der Waals surface area contributed by atoms with Gasteiger partial charge in [0.15, 0.2) is 0 Å². The third-order valence-corrected chi connectivity index (χ3v) is 4.93. The Morgan fingerprint density at radius 3 is 2.21 bits per heavy atom. The number of aromatic nitrogens is 2. The van der Waals surface area contributed by atoms with E-state index in [2.05, 4.69) is 51.8 Å². The van der Waals surface area contributed by atoms with Crippen molar-refractivity contribution < 1.29 is 4.79 Å². The van der Waals surface area contributed by atoms with Crippen LogP contribution in [0.15, 0.2) is 67.3 Å². The number of carbonyl (C=O) groups excluding carboxylic acids is 1. The van der Waals surface area contributed by atoms with Crippen LogP contribution >= 0.6 is 0 Å². The molecule has 5 heteroatoms. The minimum Gasteiger partial charge on any atom is -0.354 e. The molecule has 150 valence electrons. The fourth-order valence-corrected chi connectivity index (χ4v) is 3.30. The topological polar surface area (TPSA) is 66.9 Å². The summed E-state index contributed by atoms with van der Waals surface area (Å²) in [6.07, 6.45) is 8.80. The molecule has 0 saturated heterocycles. The van der Waals surface area contributed by atoms with Gasteiger partial charge in [0.2, 0.25) is 5.91 Å². The Bertz CT molecular complexity index is 913. The Morgan fingerprint density at radius 2 is 1.59 bits per heavy atom. The molecule has 0 aliphatic heterocycles. The van der Waals surface area contributed by atoms with Gasteiger partial charge in [-0.2, -0.15) is 0 Å². The second kappa shape index (κ2) is 10.5. The first-order valence-corrected chi connectivity index (χ1v) is 9.99. The van der Waals surface area contributed by atoms with Crippen LogP contribution < -0.4 is 10.6 Å². The Kier molecular flexibility index (Phi) is 7.47. The number of benzene rings is 1. The fourth-order valence-electron chi connectivity index (χ4n) is 3.30. The lowest BCUT2D eigenvalue weighted by Gasteiger charge is -2.21. The monoisotopic (exact) mass is 388 g/mol. The van der Waals surface area contributed by atoms with Crippen LogP contribution in [0.5, 0.6) is 0 Å². The molecule has 3 rings (SSSR count). The van der Waals surface area contributed by atoms with Crippen LogP contribution in [0, 0.1) is 13.8 Å². The molecule has 0 aliphatic carbocycles. The predicted molar refractivity (Wildman–Crippen MR) is 116 cm³/mol. The fraction of sp³-hybridized carbons (Fsp3) is 0.292. The quantitative estimate of drug-likeness (QED) is 0.590. The smallest absolute Gasteiger partial charge is 0.241 e. The number of nitrogens with one attached hydrogen (secondary N) is 2. The molecule has 2 N–H and O–H groups in total. The summed E-state index contributed by atoms with van der Waals surface area (Å²) in [4.78, 5) is 21.3. The van der Waals surface area contributed by atoms with E-state index in [4.69, 9.17) is 0 Å². The van der Waals surface area contributed by atoms with Crippen molar-refractivity contribution in [2.75, 3.05) is 13.1 Å². The molecular formula is C24H28N4O. The lowest BCUT2D eigenvalue weighted by atomic mass is 9.98. The molecule has 29 heavy (non-hydrogen) atoms. The van der Waals surface area contributed by atoms with Crippen LogP contribution in [0.25, 0.3) is 0 Å². The summed E-state index contributed by atoms with van der Waals surface area (Å²) in [5, 5.41) is 6.53. The van der Waals surface area contributed by atoms with E-state index in [-0.39, 0.29) is 11.9 Å². The lowest BCUT2D eigenvalue weighted by Crippen LogP contribution is -2.39. The first kappa shape index (κ1) is 20.7. The van der Waals surface area contributed by atoms with Crippen molar-refractivity contribution in [1.82, 2.24) is 20.6 Å². The molecule has 0 spiro atoms. The van der Waals surface area contributed by atoms with Crippen molar-refractivity contribution in [3.8, 4) is 0 Å². The van der Waals surface area contributed by atoms with Gasteiger partial charge in [0.05, 0.1) is 0 Å². The molecule has 0 saturated carbocycles. The first-order chi connectivity index (χ1) is 14.1. The zero-order valence-corrected chi connectivity index (χ0v) is 17.1. The van der Waals surface area contributed by atoms with E-state index < -0.39 is 0 Å². The number of amides is 1. The molecule has 2 aromatic heterocycles. The highest BCUT2D eigenvalue weighted by molar-refractivity contribution is 5.83. The van der Waals surface area contributed by atoms with Gasteiger partial charge in [-0.1, -0.05) is 35.9 Å². The van der Waals surface area contributed by atoms with Gasteiger partial charge in [-0.15, -0.1) is 0 Å². The van der Waals surface area contributed by atoms with E-state index in [1.54, 1.807) is 12.4 Å². The summed E-state index contributed by atoms with van der Waals surface area (Å²) < 4.78 is 0. The van der Waals surface area contributed by atoms with Crippen LogP contribution in [0.2, 0.25) is 0 Å². The van der Waals surface area contributed by atoms with Gasteiger partial charge in [-0.3, -0.25) is 14.8 Å². The van der Waals surface area contributed by atoms with E-state index in [0.717, 1.165) is 40.7 Å². The summed E-state index contributed by atoms with van der Waals surface area (Å²) in [7, 11) is 0. The van der Waals surface area contributed by atoms with Crippen molar-refractivity contribution in [1.29, 1.82) is 0 Å². The molecule has 1 aromatic carbocycles. The SMILES string of the molecule is Cc1ccc(C)c(C(NCCc2cccnc2)C(=O)NCCc2cccnc2)c1. The van der Waals surface area contributed by atoms with Gasteiger partial charge in [-0.25, -0.2) is 0 Å². The molecular weight excluding hydrogens is 360 g/mol. The number of rotatable bonds is 9. The average Bonchev–Trinajstić information content (AvgIpc) is 2.75. The van der Waals surface area contributed by atoms with E-state index in [1.807, 2.05) is 37.5 Å². The standard InChI is InChI=1S/C24H28N4O/c1-18-7-8-19(2)22(15-18)23(27-13-9-20-5-3-11-25-16-20)24(29)28-14-10-21-6-4-12-26-17-21/h3-8,11-12,15-17,23,27H,9-10,13-14H2,1-2H3,(H,28,29). The van der Waals surface area contributed by atoms with Crippen molar-refractivity contribution >= 4 is 5.91 Å². The molecule has 0 bridgehead atoms. The van der Waals surface area contributed by atoms with Gasteiger partial charge in [0.25, 0.3) is 0 Å². The van der Waals surface area contributed by atoms with Crippen LogP contribution in [-0.4, -0.2) is 29.0 Å². The molecule has 0 aliphatic rings. The van der Waals surface area contributed by atoms with Crippen LogP contribution in [0.3, 0.4) is 0 Å². The molecule has 5 nitrogen and oxygen atoms in total. The third kappa shape index (κ3) is 6.22. The first-order valence-electron chi connectivity index (χ1n) is 9.99. The van der Waals surface area contributed by atoms with Gasteiger partial charge < -0.3 is 10.6 Å². The van der Waals surface area contributed by atoms with E-state index >= 15 is 0 Å². The zero-order valence-electron chi connectivity index (χ0n) is 17.1. The molecule has 1 amide bonds. The number of hydrogen-bond donors (Lipinski definition) is 2. The number of pyridine rings is 2. The molecule has 3 aromatic rings. The van der Waals surface area contributed by atoms with E-state index in [0.29, 0.717) is 13.1 Å². The Labute approximate surface area is 172 Å². The summed E-state index contributed by atoms with van der Waals surface area (Å²) in [6, 6.07) is 13.8. The number of hydrogen-bond acceptors (Lipinski definition) is 4. The minimum atomic E-state index is -0.388. The molecule has 2 heterocycles. The Hall–Kier alpha value is -3.05. The maximum atomic E-state index is 13.0. The van der Waals surface area contributed by atoms with Crippen LogP contribution in [0.4, 0.5) is 0 Å². The van der Waals surface area contributed by atoms with Gasteiger partial charge in [-0.05, 0) is 61.1 Å². The normalized spacial score (nSPS) is 11.8. The van der Waals surface area contributed by atoms with Gasteiger partial charge in [0.1, 0.15) is 6.04 Å². The molecule has 1 atom stereocenters. The second-order valence-corrected chi connectivity index (χ2v) is 7.26. The second-order valence-electron chi connectivity index (χ2n) is 7.26. The minimum absolute atomic E-state index is 0.00576. The lowest BCUT2D eigenvalue weighted by molar-refractivity contribution is -0.123. The largest absolute Gasteiger partial charge is 0.354 e. The number of nitrogens with zero attached hydrogens (tertiary/aromatic N) is 2. The Morgan fingerprint density at radius 1 is 0.931 bits per heavy atom. The zero-order chi connectivity index (χ0) is 20.5. The van der Waals surface area contributed by atoms with Crippen molar-refractivity contribution in [3.05, 3.63) is 95.1 Å².